The van der Waals surface area contributed by atoms with Crippen LogP contribution < -0.4 is 0 Å². The summed E-state index contributed by atoms with van der Waals surface area (Å²) in [5.74, 6) is -13.5. The van der Waals surface area contributed by atoms with Gasteiger partial charge in [-0.05, 0) is 80.4 Å². The van der Waals surface area contributed by atoms with Gasteiger partial charge >= 0.3 is 11.8 Å². The monoisotopic (exact) mass is 908 g/mol. The Morgan fingerprint density at radius 2 is 1.26 bits per heavy atom. The molecule has 0 radical (unpaired) electrons. The Bertz CT molecular complexity index is 1680. The lowest BCUT2D eigenvalue weighted by atomic mass is 9.90. The van der Waals surface area contributed by atoms with Crippen molar-refractivity contribution in [1.82, 2.24) is 9.97 Å². The molecule has 3 heterocycles. The molecule has 246 valence electrons. The molecule has 0 aliphatic carbocycles. The van der Waals surface area contributed by atoms with Crippen LogP contribution in [0.3, 0.4) is 0 Å². The van der Waals surface area contributed by atoms with Gasteiger partial charge < -0.3 is 4.74 Å². The number of carbonyl (C=O) groups excluding carboxylic acids is 1. The summed E-state index contributed by atoms with van der Waals surface area (Å²) in [6, 6.07) is 9.02. The van der Waals surface area contributed by atoms with E-state index in [0.29, 0.717) is 27.1 Å². The summed E-state index contributed by atoms with van der Waals surface area (Å²) in [6.45, 7) is 6.58. The molecule has 1 unspecified atom stereocenters. The lowest BCUT2D eigenvalue weighted by Gasteiger charge is -2.24. The van der Waals surface area contributed by atoms with Crippen molar-refractivity contribution in [2.45, 2.75) is 37.1 Å². The molecule has 4 nitrogen and oxygen atoms in total. The van der Waals surface area contributed by atoms with Crippen molar-refractivity contribution in [1.29, 1.82) is 0 Å². The number of Topliss-reactive ketones (excluding diaryl/α,β-unsaturated/α-hetero) is 1. The van der Waals surface area contributed by atoms with Crippen LogP contribution in [0.1, 0.15) is 27.3 Å². The lowest BCUT2D eigenvalue weighted by Crippen LogP contribution is -2.34. The largest absolute Gasteiger partial charge is 0.357 e. The SMILES string of the molecule is C[Si](C)(C)I.Fc1ccc(C2(C(F)(F)c3ccc(Br)cn3)CO2)c(F)c1.O=C(c1ccc(F)cc1F)C(F)(F)c1ccc(Br)cn1. The molecule has 2 aromatic heterocycles. The molecule has 0 saturated carbocycles. The van der Waals surface area contributed by atoms with Crippen LogP contribution in [-0.2, 0) is 22.2 Å². The van der Waals surface area contributed by atoms with Crippen LogP contribution >= 0.6 is 53.7 Å². The summed E-state index contributed by atoms with van der Waals surface area (Å²) in [6.07, 6.45) is 2.32. The number of carbonyl (C=O) groups is 1. The molecule has 1 aliphatic heterocycles. The highest BCUT2D eigenvalue weighted by Gasteiger charge is 2.68. The molecule has 1 fully saturated rings. The van der Waals surface area contributed by atoms with Crippen LogP contribution in [0.5, 0.6) is 0 Å². The third-order valence-electron chi connectivity index (χ3n) is 5.87. The Hall–Kier alpha value is -2.28. The molecule has 2 aromatic carbocycles. The second-order valence-electron chi connectivity index (χ2n) is 10.6. The fourth-order valence-corrected chi connectivity index (χ4v) is 4.15. The normalized spacial score (nSPS) is 16.0. The van der Waals surface area contributed by atoms with Crippen molar-refractivity contribution < 1.29 is 44.7 Å². The minimum Gasteiger partial charge on any atom is -0.357 e. The van der Waals surface area contributed by atoms with E-state index in [1.165, 1.54) is 18.3 Å². The highest BCUT2D eigenvalue weighted by molar-refractivity contribution is 14.1. The summed E-state index contributed by atoms with van der Waals surface area (Å²) < 4.78 is 116. The second-order valence-corrected chi connectivity index (χ2v) is 26.3. The summed E-state index contributed by atoms with van der Waals surface area (Å²) in [5, 5.41) is 0. The number of hydrogen-bond acceptors (Lipinski definition) is 4. The molecule has 1 atom stereocenters. The van der Waals surface area contributed by atoms with Crippen molar-refractivity contribution in [3.8, 4) is 0 Å². The zero-order valence-corrected chi connectivity index (χ0v) is 30.3. The average Bonchev–Trinajstić information content (AvgIpc) is 3.75. The highest BCUT2D eigenvalue weighted by Crippen LogP contribution is 2.56. The minimum absolute atomic E-state index is 0.361. The molecule has 16 heteroatoms. The molecular weight excluding hydrogens is 887 g/mol. The van der Waals surface area contributed by atoms with Gasteiger partial charge in [0.15, 0.2) is 5.60 Å². The summed E-state index contributed by atoms with van der Waals surface area (Å²) in [7, 11) is 0. The van der Waals surface area contributed by atoms with E-state index < -0.39 is 69.0 Å². The average molecular weight is 910 g/mol. The number of hydrogen-bond donors (Lipinski definition) is 0. The van der Waals surface area contributed by atoms with Gasteiger partial charge in [-0.3, -0.25) is 14.8 Å². The first kappa shape index (κ1) is 38.2. The summed E-state index contributed by atoms with van der Waals surface area (Å²) in [4.78, 5) is 18.8. The zero-order valence-electron chi connectivity index (χ0n) is 24.0. The first-order chi connectivity index (χ1) is 21.2. The van der Waals surface area contributed by atoms with Crippen LogP contribution in [0.4, 0.5) is 35.1 Å². The maximum atomic E-state index is 14.6. The molecule has 1 saturated heterocycles. The standard InChI is InChI=1S/C14H8BrF4NO.C13H6BrF4NO.C3H9ISi/c15-8-1-4-12(20-6-8)14(18,19)13(7-21-13)10-3-2-9(16)5-11(10)17;14-7-1-4-11(19-6-7)13(17,18)12(20)9-3-2-8(15)5-10(9)16;1-5(2,3)4/h1-6H,7H2;1-6H;1-3H3. The molecule has 46 heavy (non-hydrogen) atoms. The third kappa shape index (κ3) is 9.41. The van der Waals surface area contributed by atoms with Crippen molar-refractivity contribution in [3.05, 3.63) is 128 Å². The van der Waals surface area contributed by atoms with E-state index in [1.807, 2.05) is 0 Å². The van der Waals surface area contributed by atoms with Gasteiger partial charge in [0.2, 0.25) is 5.78 Å². The van der Waals surface area contributed by atoms with E-state index in [2.05, 4.69) is 83.3 Å². The number of ether oxygens (including phenoxy) is 1. The molecule has 0 N–H and O–H groups in total. The molecular formula is C30H23Br2F8IN2O2Si. The predicted octanol–water partition coefficient (Wildman–Crippen LogP) is 10.5. The molecule has 5 rings (SSSR count). The lowest BCUT2D eigenvalue weighted by molar-refractivity contribution is -0.0901. The number of nitrogens with zero attached hydrogens (tertiary/aromatic N) is 2. The van der Waals surface area contributed by atoms with Gasteiger partial charge in [0, 0.05) is 39.0 Å². The molecule has 0 amide bonds. The first-order valence-electron chi connectivity index (χ1n) is 13.0. The van der Waals surface area contributed by atoms with Gasteiger partial charge in [0.1, 0.15) is 40.2 Å². The van der Waals surface area contributed by atoms with Crippen LogP contribution in [0.25, 0.3) is 0 Å². The number of aromatic nitrogens is 2. The first-order valence-corrected chi connectivity index (χ1v) is 21.2. The Balaban J connectivity index is 0.000000219. The van der Waals surface area contributed by atoms with E-state index in [4.69, 9.17) is 4.74 Å². The number of benzene rings is 2. The van der Waals surface area contributed by atoms with Gasteiger partial charge in [0.05, 0.1) is 12.2 Å². The van der Waals surface area contributed by atoms with E-state index in [-0.39, 0.29) is 12.2 Å². The Kier molecular flexibility index (Phi) is 12.3. The highest BCUT2D eigenvalue weighted by atomic mass is 127. The fraction of sp³-hybridized carbons (Fsp3) is 0.233. The third-order valence-corrected chi connectivity index (χ3v) is 6.80. The molecule has 4 aromatic rings. The Labute approximate surface area is 289 Å². The Morgan fingerprint density at radius 1 is 0.804 bits per heavy atom. The van der Waals surface area contributed by atoms with Gasteiger partial charge in [0.25, 0.3) is 0 Å². The topological polar surface area (TPSA) is 55.4 Å². The van der Waals surface area contributed by atoms with Gasteiger partial charge in [-0.25, -0.2) is 17.6 Å². The zero-order chi connectivity index (χ0) is 34.7. The van der Waals surface area contributed by atoms with Crippen molar-refractivity contribution >= 4 is 65.0 Å². The number of halogens is 11. The van der Waals surface area contributed by atoms with Gasteiger partial charge in [-0.15, -0.1) is 21.8 Å². The van der Waals surface area contributed by atoms with Crippen molar-refractivity contribution in [2.24, 2.45) is 0 Å². The second kappa shape index (κ2) is 14.9. The molecule has 0 bridgehead atoms. The van der Waals surface area contributed by atoms with E-state index >= 15 is 0 Å². The quantitative estimate of drug-likeness (QED) is 0.0483. The van der Waals surface area contributed by atoms with E-state index in [9.17, 15) is 39.9 Å². The van der Waals surface area contributed by atoms with Crippen LogP contribution in [0.15, 0.2) is 82.0 Å². The smallest absolute Gasteiger partial charge is 0.351 e. The molecule has 1 aliphatic rings. The number of epoxide rings is 1. The maximum Gasteiger partial charge on any atom is 0.351 e. The van der Waals surface area contributed by atoms with E-state index in [0.717, 1.165) is 36.5 Å². The van der Waals surface area contributed by atoms with Crippen LogP contribution in [0, 0.1) is 23.3 Å². The predicted molar refractivity (Wildman–Crippen MR) is 174 cm³/mol. The number of alkyl halides is 4. The van der Waals surface area contributed by atoms with Gasteiger partial charge in [-0.1, -0.05) is 19.6 Å². The summed E-state index contributed by atoms with van der Waals surface area (Å²) >= 11 is 8.64. The maximum absolute atomic E-state index is 14.6. The molecule has 0 spiro atoms. The van der Waals surface area contributed by atoms with Crippen molar-refractivity contribution in [2.75, 3.05) is 6.61 Å². The van der Waals surface area contributed by atoms with Crippen molar-refractivity contribution in [3.63, 3.8) is 0 Å². The number of ketones is 1. The van der Waals surface area contributed by atoms with Gasteiger partial charge in [-0.2, -0.15) is 17.6 Å². The number of rotatable bonds is 6. The minimum atomic E-state index is -4.00. The Morgan fingerprint density at radius 3 is 1.67 bits per heavy atom. The summed E-state index contributed by atoms with van der Waals surface area (Å²) in [5.41, 5.74) is -5.38. The fourth-order valence-electron chi connectivity index (χ4n) is 3.68. The van der Waals surface area contributed by atoms with Crippen LogP contribution in [0.2, 0.25) is 19.6 Å². The number of pyridine rings is 2. The van der Waals surface area contributed by atoms with E-state index in [1.54, 1.807) is 0 Å². The van der Waals surface area contributed by atoms with Crippen LogP contribution in [-0.4, -0.2) is 27.9 Å².